The highest BCUT2D eigenvalue weighted by molar-refractivity contribution is 5.83. The summed E-state index contributed by atoms with van der Waals surface area (Å²) in [5, 5.41) is 3.37. The van der Waals surface area contributed by atoms with Gasteiger partial charge < -0.3 is 15.0 Å². The Labute approximate surface area is 209 Å². The van der Waals surface area contributed by atoms with E-state index in [0.717, 1.165) is 11.1 Å². The van der Waals surface area contributed by atoms with Crippen molar-refractivity contribution in [2.24, 2.45) is 4.99 Å². The van der Waals surface area contributed by atoms with E-state index in [9.17, 15) is 26.3 Å². The molecule has 0 amide bonds. The largest absolute Gasteiger partial charge is 0.416 e. The number of pyridine rings is 1. The van der Waals surface area contributed by atoms with E-state index < -0.39 is 35.6 Å². The molecule has 1 aromatic heterocycles. The van der Waals surface area contributed by atoms with Gasteiger partial charge in [-0.05, 0) is 47.0 Å². The Morgan fingerprint density at radius 3 is 2.14 bits per heavy atom. The molecule has 1 N–H and O–H groups in total. The van der Waals surface area contributed by atoms with Crippen LogP contribution in [0, 0.1) is 0 Å². The zero-order valence-electron chi connectivity index (χ0n) is 19.8. The molecule has 0 unspecified atom stereocenters. The summed E-state index contributed by atoms with van der Waals surface area (Å²) in [6.45, 7) is 0.359. The fraction of sp³-hybridized carbons (Fsp3) is 0.308. The Hall–Kier alpha value is -3.60. The zero-order valence-corrected chi connectivity index (χ0v) is 19.8. The summed E-state index contributed by atoms with van der Waals surface area (Å²) in [7, 11) is 1.84. The molecule has 5 nitrogen and oxygen atoms in total. The molecule has 1 fully saturated rings. The second-order valence-corrected chi connectivity index (χ2v) is 8.83. The fourth-order valence-corrected chi connectivity index (χ4v) is 4.17. The van der Waals surface area contributed by atoms with Gasteiger partial charge in [0.05, 0.1) is 37.4 Å². The average Bonchev–Trinajstić information content (AvgIpc) is 3.19. The summed E-state index contributed by atoms with van der Waals surface area (Å²) in [4.78, 5) is 10.5. The molecule has 0 saturated carbocycles. The van der Waals surface area contributed by atoms with E-state index >= 15 is 0 Å². The van der Waals surface area contributed by atoms with Crippen molar-refractivity contribution in [2.75, 3.05) is 20.2 Å². The van der Waals surface area contributed by atoms with Crippen molar-refractivity contribution >= 4 is 5.96 Å². The fourth-order valence-electron chi connectivity index (χ4n) is 4.17. The van der Waals surface area contributed by atoms with Gasteiger partial charge in [-0.2, -0.15) is 26.3 Å². The lowest BCUT2D eigenvalue weighted by molar-refractivity contribution is -0.143. The Bertz CT molecular complexity index is 1200. The standard InChI is InChI=1S/C26H24F6N4O/c1-36-16-24(20-5-3-2-4-6-20,35-23(36)34-14-18-7-9-33-10-8-18)17-37-15-19-11-21(25(27,28)29)13-22(12-19)26(30,31)32/h2-13H,14-17H2,1H3,(H,34,35)/t24-/m1/s1. The first-order valence-electron chi connectivity index (χ1n) is 11.3. The van der Waals surface area contributed by atoms with Gasteiger partial charge in [-0.3, -0.25) is 4.98 Å². The summed E-state index contributed by atoms with van der Waals surface area (Å²) < 4.78 is 85.1. The van der Waals surface area contributed by atoms with E-state index in [4.69, 9.17) is 4.74 Å². The van der Waals surface area contributed by atoms with Crippen LogP contribution in [0.4, 0.5) is 26.3 Å². The lowest BCUT2D eigenvalue weighted by Gasteiger charge is -2.29. The van der Waals surface area contributed by atoms with Gasteiger partial charge in [0, 0.05) is 19.4 Å². The van der Waals surface area contributed by atoms with Crippen molar-refractivity contribution in [3.05, 3.63) is 101 Å². The Balaban J connectivity index is 1.56. The number of nitrogens with one attached hydrogen (secondary N) is 1. The average molecular weight is 522 g/mol. The molecule has 0 aliphatic carbocycles. The molecule has 3 aromatic rings. The number of aliphatic imine (C=N–C) groups is 1. The summed E-state index contributed by atoms with van der Waals surface area (Å²) in [5.41, 5.74) is -1.98. The van der Waals surface area contributed by atoms with Gasteiger partial charge in [-0.25, -0.2) is 4.99 Å². The maximum Gasteiger partial charge on any atom is 0.416 e. The van der Waals surface area contributed by atoms with E-state index in [0.29, 0.717) is 31.2 Å². The molecular weight excluding hydrogens is 498 g/mol. The lowest BCUT2D eigenvalue weighted by Crippen LogP contribution is -2.45. The monoisotopic (exact) mass is 522 g/mol. The van der Waals surface area contributed by atoms with Crippen LogP contribution in [-0.2, 0) is 35.8 Å². The third kappa shape index (κ3) is 6.40. The number of hydrogen-bond acceptors (Lipinski definition) is 3. The minimum atomic E-state index is -4.92. The van der Waals surface area contributed by atoms with Crippen molar-refractivity contribution in [3.63, 3.8) is 0 Å². The summed E-state index contributed by atoms with van der Waals surface area (Å²) >= 11 is 0. The van der Waals surface area contributed by atoms with Crippen LogP contribution in [0.3, 0.4) is 0 Å². The van der Waals surface area contributed by atoms with E-state index in [-0.39, 0.29) is 18.2 Å². The Kier molecular flexibility index (Phi) is 7.44. The highest BCUT2D eigenvalue weighted by atomic mass is 19.4. The van der Waals surface area contributed by atoms with E-state index in [1.807, 2.05) is 54.4 Å². The second kappa shape index (κ2) is 10.4. The van der Waals surface area contributed by atoms with Crippen LogP contribution in [0.2, 0.25) is 0 Å². The van der Waals surface area contributed by atoms with Gasteiger partial charge >= 0.3 is 12.4 Å². The Morgan fingerprint density at radius 1 is 0.919 bits per heavy atom. The first-order chi connectivity index (χ1) is 17.5. The number of hydrogen-bond donors (Lipinski definition) is 1. The highest BCUT2D eigenvalue weighted by Gasteiger charge is 2.42. The number of alkyl halides is 6. The number of benzene rings is 2. The maximum absolute atomic E-state index is 13.2. The van der Waals surface area contributed by atoms with Gasteiger partial charge in [0.25, 0.3) is 0 Å². The lowest BCUT2D eigenvalue weighted by atomic mass is 9.91. The molecule has 2 aromatic carbocycles. The minimum Gasteiger partial charge on any atom is -0.374 e. The van der Waals surface area contributed by atoms with Crippen LogP contribution < -0.4 is 5.32 Å². The van der Waals surface area contributed by atoms with Crippen LogP contribution >= 0.6 is 0 Å². The van der Waals surface area contributed by atoms with Crippen LogP contribution in [0.5, 0.6) is 0 Å². The van der Waals surface area contributed by atoms with Gasteiger partial charge in [0.1, 0.15) is 5.54 Å². The van der Waals surface area contributed by atoms with Crippen molar-refractivity contribution in [1.29, 1.82) is 0 Å². The minimum absolute atomic E-state index is 0.0206. The van der Waals surface area contributed by atoms with Crippen LogP contribution in [-0.4, -0.2) is 36.0 Å². The van der Waals surface area contributed by atoms with Crippen LogP contribution in [0.1, 0.15) is 27.8 Å². The van der Waals surface area contributed by atoms with Gasteiger partial charge in [-0.1, -0.05) is 30.3 Å². The zero-order chi connectivity index (χ0) is 26.7. The van der Waals surface area contributed by atoms with Crippen molar-refractivity contribution in [3.8, 4) is 0 Å². The number of guanidine groups is 1. The van der Waals surface area contributed by atoms with Crippen molar-refractivity contribution in [2.45, 2.75) is 31.0 Å². The predicted octanol–water partition coefficient (Wildman–Crippen LogP) is 5.62. The normalized spacial score (nSPS) is 19.3. The smallest absolute Gasteiger partial charge is 0.374 e. The summed E-state index contributed by atoms with van der Waals surface area (Å²) in [6.07, 6.45) is -6.50. The number of likely N-dealkylation sites (N-methyl/N-ethyl adjacent to an activating group) is 1. The molecule has 1 atom stereocenters. The van der Waals surface area contributed by atoms with Gasteiger partial charge in [0.15, 0.2) is 5.96 Å². The molecule has 196 valence electrons. The predicted molar refractivity (Wildman–Crippen MR) is 125 cm³/mol. The Morgan fingerprint density at radius 2 is 1.54 bits per heavy atom. The molecule has 0 radical (unpaired) electrons. The molecule has 11 heteroatoms. The quantitative estimate of drug-likeness (QED) is 0.409. The number of nitrogens with zero attached hydrogens (tertiary/aromatic N) is 3. The maximum atomic E-state index is 13.2. The number of ether oxygens (including phenoxy) is 1. The topological polar surface area (TPSA) is 49.8 Å². The molecule has 1 aliphatic rings. The molecule has 1 aliphatic heterocycles. The van der Waals surface area contributed by atoms with E-state index in [2.05, 4.69) is 15.3 Å². The molecule has 0 spiro atoms. The van der Waals surface area contributed by atoms with Crippen LogP contribution in [0.15, 0.2) is 78.0 Å². The third-order valence-corrected chi connectivity index (χ3v) is 5.97. The summed E-state index contributed by atoms with van der Waals surface area (Å²) in [5.74, 6) is 0.586. The first kappa shape index (κ1) is 26.5. The summed E-state index contributed by atoms with van der Waals surface area (Å²) in [6, 6.07) is 14.4. The van der Waals surface area contributed by atoms with Crippen molar-refractivity contribution in [1.82, 2.24) is 15.2 Å². The molecule has 1 saturated heterocycles. The third-order valence-electron chi connectivity index (χ3n) is 5.97. The number of halogens is 6. The highest BCUT2D eigenvalue weighted by Crippen LogP contribution is 2.37. The molecule has 4 rings (SSSR count). The van der Waals surface area contributed by atoms with Crippen molar-refractivity contribution < 1.29 is 31.1 Å². The molecule has 2 heterocycles. The SMILES string of the molecule is CN1C[C@@](COCc2cc(C(F)(F)F)cc(C(F)(F)F)c2)(c2ccccc2)NC1=NCc1ccncc1. The molecular formula is C26H24F6N4O. The number of aromatic nitrogens is 1. The second-order valence-electron chi connectivity index (χ2n) is 8.83. The first-order valence-corrected chi connectivity index (χ1v) is 11.3. The molecule has 37 heavy (non-hydrogen) atoms. The van der Waals surface area contributed by atoms with Crippen LogP contribution in [0.25, 0.3) is 0 Å². The number of rotatable bonds is 7. The van der Waals surface area contributed by atoms with E-state index in [1.165, 1.54) is 0 Å². The van der Waals surface area contributed by atoms with Gasteiger partial charge in [0.2, 0.25) is 0 Å². The van der Waals surface area contributed by atoms with E-state index in [1.54, 1.807) is 12.4 Å². The molecule has 0 bridgehead atoms. The van der Waals surface area contributed by atoms with Gasteiger partial charge in [-0.15, -0.1) is 0 Å².